The van der Waals surface area contributed by atoms with E-state index in [0.29, 0.717) is 12.0 Å². The summed E-state index contributed by atoms with van der Waals surface area (Å²) < 4.78 is 2.27. The van der Waals surface area contributed by atoms with Crippen molar-refractivity contribution < 1.29 is 0 Å². The predicted octanol–water partition coefficient (Wildman–Crippen LogP) is 3.87. The fourth-order valence-corrected chi connectivity index (χ4v) is 3.96. The molecule has 1 atom stereocenters. The minimum Gasteiger partial charge on any atom is -0.334 e. The van der Waals surface area contributed by atoms with Crippen molar-refractivity contribution in [2.45, 2.75) is 44.3 Å². The highest BCUT2D eigenvalue weighted by Gasteiger charge is 2.20. The van der Waals surface area contributed by atoms with Gasteiger partial charge in [0.05, 0.1) is 6.54 Å². The summed E-state index contributed by atoms with van der Waals surface area (Å²) in [6.07, 6.45) is 5.18. The number of aromatic nitrogens is 2. The van der Waals surface area contributed by atoms with Crippen molar-refractivity contribution in [2.24, 2.45) is 5.92 Å². The van der Waals surface area contributed by atoms with Gasteiger partial charge in [-0.25, -0.2) is 4.98 Å². The molecule has 0 saturated heterocycles. The van der Waals surface area contributed by atoms with Gasteiger partial charge >= 0.3 is 0 Å². The maximum atomic E-state index is 4.50. The fourth-order valence-electron chi connectivity index (χ4n) is 2.84. The first-order valence-electron chi connectivity index (χ1n) is 7.69. The topological polar surface area (TPSA) is 29.9 Å². The third-order valence-electron chi connectivity index (χ3n) is 3.83. The Labute approximate surface area is 131 Å². The largest absolute Gasteiger partial charge is 0.334 e. The molecule has 1 aromatic heterocycles. The highest BCUT2D eigenvalue weighted by Crippen LogP contribution is 2.35. The molecule has 0 unspecified atom stereocenters. The molecule has 1 aliphatic heterocycles. The number of fused-ring (bicyclic) bond motifs is 1. The van der Waals surface area contributed by atoms with Crippen molar-refractivity contribution in [3.05, 3.63) is 48.0 Å². The highest BCUT2D eigenvalue weighted by molar-refractivity contribution is 7.99. The van der Waals surface area contributed by atoms with E-state index in [1.54, 1.807) is 0 Å². The Morgan fingerprint density at radius 3 is 3.10 bits per heavy atom. The maximum Gasteiger partial charge on any atom is 0.122 e. The highest BCUT2D eigenvalue weighted by atomic mass is 32.2. The summed E-state index contributed by atoms with van der Waals surface area (Å²) in [5, 5.41) is 3.70. The van der Waals surface area contributed by atoms with Crippen LogP contribution in [-0.4, -0.2) is 15.3 Å². The zero-order valence-corrected chi connectivity index (χ0v) is 13.6. The van der Waals surface area contributed by atoms with Gasteiger partial charge in [0.25, 0.3) is 0 Å². The molecule has 0 radical (unpaired) electrons. The van der Waals surface area contributed by atoms with E-state index >= 15 is 0 Å². The molecule has 0 saturated carbocycles. The van der Waals surface area contributed by atoms with Gasteiger partial charge in [-0.1, -0.05) is 32.0 Å². The van der Waals surface area contributed by atoms with Crippen molar-refractivity contribution in [3.63, 3.8) is 0 Å². The van der Waals surface area contributed by atoms with E-state index in [-0.39, 0.29) is 0 Å². The molecule has 0 spiro atoms. The molecule has 4 heteroatoms. The predicted molar refractivity (Wildman–Crippen MR) is 88.4 cm³/mol. The third kappa shape index (κ3) is 3.50. The third-order valence-corrected chi connectivity index (χ3v) is 4.95. The summed E-state index contributed by atoms with van der Waals surface area (Å²) in [4.78, 5) is 5.93. The van der Waals surface area contributed by atoms with E-state index in [4.69, 9.17) is 0 Å². The monoisotopic (exact) mass is 301 g/mol. The van der Waals surface area contributed by atoms with Gasteiger partial charge in [-0.05, 0) is 29.7 Å². The van der Waals surface area contributed by atoms with Gasteiger partial charge < -0.3 is 9.88 Å². The van der Waals surface area contributed by atoms with E-state index in [0.717, 1.165) is 18.9 Å². The molecule has 0 fully saturated rings. The Morgan fingerprint density at radius 1 is 1.38 bits per heavy atom. The molecule has 2 heterocycles. The molecule has 1 aromatic carbocycles. The lowest BCUT2D eigenvalue weighted by molar-refractivity contribution is 0.463. The Hall–Kier alpha value is -1.26. The summed E-state index contributed by atoms with van der Waals surface area (Å²) in [5.41, 5.74) is 1.44. The summed E-state index contributed by atoms with van der Waals surface area (Å²) in [5.74, 6) is 2.97. The quantitative estimate of drug-likeness (QED) is 0.909. The number of nitrogens with one attached hydrogen (secondary N) is 1. The maximum absolute atomic E-state index is 4.50. The van der Waals surface area contributed by atoms with Crippen molar-refractivity contribution in [2.75, 3.05) is 5.75 Å². The lowest BCUT2D eigenvalue weighted by Crippen LogP contribution is -2.26. The van der Waals surface area contributed by atoms with Gasteiger partial charge in [0.15, 0.2) is 0 Å². The van der Waals surface area contributed by atoms with Gasteiger partial charge in [-0.2, -0.15) is 0 Å². The lowest BCUT2D eigenvalue weighted by Gasteiger charge is -2.26. The van der Waals surface area contributed by atoms with Crippen molar-refractivity contribution in [1.29, 1.82) is 0 Å². The van der Waals surface area contributed by atoms with Crippen LogP contribution in [-0.2, 0) is 13.1 Å². The van der Waals surface area contributed by atoms with E-state index in [9.17, 15) is 0 Å². The molecule has 3 nitrogen and oxygen atoms in total. The van der Waals surface area contributed by atoms with E-state index in [1.165, 1.54) is 22.6 Å². The second-order valence-corrected chi connectivity index (χ2v) is 7.13. The molecule has 1 aliphatic rings. The van der Waals surface area contributed by atoms with Gasteiger partial charge in [0.1, 0.15) is 5.82 Å². The van der Waals surface area contributed by atoms with Crippen LogP contribution in [0.3, 0.4) is 0 Å². The Bertz CT molecular complexity index is 591. The molecule has 21 heavy (non-hydrogen) atoms. The van der Waals surface area contributed by atoms with Crippen LogP contribution >= 0.6 is 11.8 Å². The van der Waals surface area contributed by atoms with Crippen LogP contribution in [0, 0.1) is 5.92 Å². The van der Waals surface area contributed by atoms with E-state index in [1.807, 2.05) is 18.0 Å². The average molecular weight is 301 g/mol. The first kappa shape index (κ1) is 14.7. The summed E-state index contributed by atoms with van der Waals surface area (Å²) in [6.45, 7) is 6.36. The number of hydrogen-bond donors (Lipinski definition) is 1. The molecule has 0 bridgehead atoms. The number of hydrogen-bond acceptors (Lipinski definition) is 3. The normalized spacial score (nSPS) is 18.0. The smallest absolute Gasteiger partial charge is 0.122 e. The fraction of sp³-hybridized carbons (Fsp3) is 0.471. The van der Waals surface area contributed by atoms with E-state index < -0.39 is 0 Å². The second kappa shape index (κ2) is 6.67. The van der Waals surface area contributed by atoms with Crippen LogP contribution < -0.4 is 5.32 Å². The summed E-state index contributed by atoms with van der Waals surface area (Å²) in [7, 11) is 0. The molecule has 0 amide bonds. The lowest BCUT2D eigenvalue weighted by atomic mass is 10.0. The van der Waals surface area contributed by atoms with Crippen LogP contribution in [0.25, 0.3) is 0 Å². The number of imidazole rings is 1. The van der Waals surface area contributed by atoms with Crippen LogP contribution in [0.5, 0.6) is 0 Å². The molecule has 1 N–H and O–H groups in total. The van der Waals surface area contributed by atoms with Crippen LogP contribution in [0.15, 0.2) is 41.6 Å². The van der Waals surface area contributed by atoms with Gasteiger partial charge in [-0.15, -0.1) is 11.8 Å². The van der Waals surface area contributed by atoms with Crippen LogP contribution in [0.4, 0.5) is 0 Å². The minimum atomic E-state index is 0.451. The van der Waals surface area contributed by atoms with Crippen molar-refractivity contribution in [1.82, 2.24) is 14.9 Å². The molecule has 3 rings (SSSR count). The molecule has 112 valence electrons. The zero-order chi connectivity index (χ0) is 14.7. The number of rotatable bonds is 5. The van der Waals surface area contributed by atoms with Gasteiger partial charge in [-0.3, -0.25) is 0 Å². The SMILES string of the molecule is CC(C)Cn1ccnc1CN[C@H]1CCSc2ccccc21. The standard InChI is InChI=1S/C17H23N3S/c1-13(2)12-20-9-8-18-17(20)11-19-15-7-10-21-16-6-4-3-5-14(15)16/h3-6,8-9,13,15,19H,7,10-12H2,1-2H3/t15-/m0/s1. The number of benzene rings is 1. The van der Waals surface area contributed by atoms with E-state index in [2.05, 4.69) is 59.2 Å². The average Bonchev–Trinajstić information content (AvgIpc) is 2.91. The Kier molecular flexibility index (Phi) is 4.66. The van der Waals surface area contributed by atoms with Gasteiger partial charge in [0.2, 0.25) is 0 Å². The Morgan fingerprint density at radius 2 is 2.24 bits per heavy atom. The number of thioether (sulfide) groups is 1. The second-order valence-electron chi connectivity index (χ2n) is 6.00. The molecule has 0 aliphatic carbocycles. The first-order chi connectivity index (χ1) is 10.2. The zero-order valence-electron chi connectivity index (χ0n) is 12.7. The van der Waals surface area contributed by atoms with Gasteiger partial charge in [0, 0.05) is 29.9 Å². The molecular weight excluding hydrogens is 278 g/mol. The van der Waals surface area contributed by atoms with Crippen LogP contribution in [0.1, 0.15) is 37.7 Å². The minimum absolute atomic E-state index is 0.451. The van der Waals surface area contributed by atoms with Crippen molar-refractivity contribution >= 4 is 11.8 Å². The molecular formula is C17H23N3S. The molecule has 2 aromatic rings. The summed E-state index contributed by atoms with van der Waals surface area (Å²) in [6, 6.07) is 9.20. The first-order valence-corrected chi connectivity index (χ1v) is 8.67. The number of nitrogens with zero attached hydrogens (tertiary/aromatic N) is 2. The Balaban J connectivity index is 1.68. The van der Waals surface area contributed by atoms with Crippen molar-refractivity contribution in [3.8, 4) is 0 Å². The summed E-state index contributed by atoms with van der Waals surface area (Å²) >= 11 is 1.97. The van der Waals surface area contributed by atoms with Crippen LogP contribution in [0.2, 0.25) is 0 Å².